The summed E-state index contributed by atoms with van der Waals surface area (Å²) in [5.41, 5.74) is 0.227. The molecule has 13 heavy (non-hydrogen) atoms. The molecule has 0 radical (unpaired) electrons. The van der Waals surface area contributed by atoms with E-state index >= 15 is 0 Å². The summed E-state index contributed by atoms with van der Waals surface area (Å²) >= 11 is 0. The average Bonchev–Trinajstić information content (AvgIpc) is 2.05. The summed E-state index contributed by atoms with van der Waals surface area (Å²) in [5.74, 6) is 0. The Morgan fingerprint density at radius 3 is 2.08 bits per heavy atom. The van der Waals surface area contributed by atoms with Crippen molar-refractivity contribution in [3.8, 4) is 0 Å². The number of hydrogen-bond acceptors (Lipinski definition) is 0. The van der Waals surface area contributed by atoms with Gasteiger partial charge in [-0.05, 0) is 0 Å². The normalized spacial score (nSPS) is 14.2. The first-order valence-electron chi connectivity index (χ1n) is 3.80. The Hall–Kier alpha value is -1.03. The smallest absolute Gasteiger partial charge is 0.443 e. The van der Waals surface area contributed by atoms with Crippen molar-refractivity contribution in [3.05, 3.63) is 42.9 Å². The minimum absolute atomic E-state index is 0.227. The molecule has 0 heterocycles. The minimum atomic E-state index is -4.25. The first-order valence-corrected chi connectivity index (χ1v) is 3.80. The lowest BCUT2D eigenvalue weighted by Gasteiger charge is -2.19. The van der Waals surface area contributed by atoms with Crippen molar-refractivity contribution in [3.63, 3.8) is 0 Å². The van der Waals surface area contributed by atoms with Gasteiger partial charge in [0.1, 0.15) is 0 Å². The maximum Gasteiger partial charge on any atom is 0.443 e. The highest BCUT2D eigenvalue weighted by molar-refractivity contribution is 5.18. The summed E-state index contributed by atoms with van der Waals surface area (Å²) in [6.07, 6.45) is -4.25. The van der Waals surface area contributed by atoms with Crippen LogP contribution in [0.3, 0.4) is 0 Å². The summed E-state index contributed by atoms with van der Waals surface area (Å²) in [7, 11) is 3.18. The van der Waals surface area contributed by atoms with Gasteiger partial charge in [0.2, 0.25) is 0 Å². The first kappa shape index (κ1) is 10.1. The van der Waals surface area contributed by atoms with Crippen LogP contribution in [0.25, 0.3) is 0 Å². The van der Waals surface area contributed by atoms with Crippen molar-refractivity contribution in [1.82, 2.24) is 0 Å². The maximum absolute atomic E-state index is 12.3. The monoisotopic (exact) mass is 189 g/mol. The second-order valence-corrected chi connectivity index (χ2v) is 2.67. The van der Waals surface area contributed by atoms with Crippen LogP contribution in [0.4, 0.5) is 13.2 Å². The second-order valence-electron chi connectivity index (χ2n) is 2.67. The van der Waals surface area contributed by atoms with E-state index in [2.05, 4.69) is 7.05 Å². The molecule has 0 fully saturated rings. The topological polar surface area (TPSA) is 16.6 Å². The number of alkyl halides is 3. The van der Waals surface area contributed by atoms with Crippen molar-refractivity contribution < 1.29 is 18.5 Å². The predicted octanol–water partition coefficient (Wildman–Crippen LogP) is 1.64. The lowest BCUT2D eigenvalue weighted by Crippen LogP contribution is -2.81. The van der Waals surface area contributed by atoms with Crippen molar-refractivity contribution in [2.45, 2.75) is 12.2 Å². The third-order valence-electron chi connectivity index (χ3n) is 1.75. The van der Waals surface area contributed by atoms with Crippen LogP contribution in [-0.2, 0) is 0 Å². The maximum atomic E-state index is 12.3. The number of halogens is 3. The van der Waals surface area contributed by atoms with E-state index in [4.69, 9.17) is 0 Å². The van der Waals surface area contributed by atoms with E-state index in [-0.39, 0.29) is 5.56 Å². The van der Waals surface area contributed by atoms with Crippen LogP contribution >= 0.6 is 0 Å². The van der Waals surface area contributed by atoms with Crippen LogP contribution < -0.4 is 5.32 Å². The van der Waals surface area contributed by atoms with Crippen LogP contribution in [0.1, 0.15) is 11.6 Å². The molecule has 1 nitrogen and oxygen atoms in total. The van der Waals surface area contributed by atoms with Gasteiger partial charge in [-0.3, -0.25) is 0 Å². The fourth-order valence-corrected chi connectivity index (χ4v) is 1.12. The van der Waals surface area contributed by atoms with Crippen molar-refractivity contribution >= 4 is 0 Å². The summed E-state index contributed by atoms with van der Waals surface area (Å²) in [6, 6.07) is 6.17. The standard InChI is InChI=1S/C9H10F3N/c1-13-8(9(10,11)12)7-5-3-2-4-6-7/h2-6,8H,1,13H2. The van der Waals surface area contributed by atoms with Gasteiger partial charge in [0.05, 0.1) is 0 Å². The SMILES string of the molecule is [CH2-][NH2+]C(c1ccccc1)C(F)(F)F. The molecule has 0 aliphatic carbocycles. The third-order valence-corrected chi connectivity index (χ3v) is 1.75. The fourth-order valence-electron chi connectivity index (χ4n) is 1.12. The number of benzene rings is 1. The largest absolute Gasteiger partial charge is 0.465 e. The molecule has 1 aromatic carbocycles. The van der Waals surface area contributed by atoms with Gasteiger partial charge >= 0.3 is 6.18 Å². The lowest BCUT2D eigenvalue weighted by molar-refractivity contribution is -0.670. The van der Waals surface area contributed by atoms with Crippen LogP contribution in [0, 0.1) is 7.05 Å². The molecule has 0 bridgehead atoms. The zero-order valence-corrected chi connectivity index (χ0v) is 6.88. The van der Waals surface area contributed by atoms with Gasteiger partial charge in [-0.15, -0.1) is 0 Å². The zero-order chi connectivity index (χ0) is 9.90. The molecule has 1 rings (SSSR count). The Kier molecular flexibility index (Phi) is 2.93. The van der Waals surface area contributed by atoms with E-state index < -0.39 is 12.2 Å². The van der Waals surface area contributed by atoms with Crippen molar-refractivity contribution in [1.29, 1.82) is 0 Å². The number of quaternary nitrogens is 1. The Morgan fingerprint density at radius 2 is 1.69 bits per heavy atom. The molecule has 0 aliphatic heterocycles. The molecule has 0 spiro atoms. The molecule has 0 aromatic heterocycles. The quantitative estimate of drug-likeness (QED) is 0.681. The molecule has 2 N–H and O–H groups in total. The summed E-state index contributed by atoms with van der Waals surface area (Å²) in [5, 5.41) is 0.912. The van der Waals surface area contributed by atoms with E-state index in [0.29, 0.717) is 0 Å². The molecule has 1 aromatic rings. The van der Waals surface area contributed by atoms with E-state index in [1.807, 2.05) is 0 Å². The summed E-state index contributed by atoms with van der Waals surface area (Å²) in [6.45, 7) is 0. The highest BCUT2D eigenvalue weighted by Crippen LogP contribution is 2.28. The van der Waals surface area contributed by atoms with E-state index in [9.17, 15) is 13.2 Å². The summed E-state index contributed by atoms with van der Waals surface area (Å²) < 4.78 is 37.0. The number of rotatable bonds is 2. The van der Waals surface area contributed by atoms with Gasteiger partial charge in [0, 0.05) is 5.56 Å². The first-order chi connectivity index (χ1) is 6.05. The zero-order valence-electron chi connectivity index (χ0n) is 6.88. The van der Waals surface area contributed by atoms with Gasteiger partial charge < -0.3 is 5.32 Å². The Morgan fingerprint density at radius 1 is 1.15 bits per heavy atom. The molecule has 4 heteroatoms. The second kappa shape index (κ2) is 3.79. The van der Waals surface area contributed by atoms with Crippen LogP contribution in [-0.4, -0.2) is 6.18 Å². The molecule has 1 unspecified atom stereocenters. The fraction of sp³-hybridized carbons (Fsp3) is 0.222. The van der Waals surface area contributed by atoms with Gasteiger partial charge in [0.15, 0.2) is 6.04 Å². The van der Waals surface area contributed by atoms with Crippen LogP contribution in [0.5, 0.6) is 0 Å². The number of nitrogens with two attached hydrogens (primary N) is 1. The Labute approximate surface area is 74.6 Å². The molecular weight excluding hydrogens is 179 g/mol. The highest BCUT2D eigenvalue weighted by atomic mass is 19.4. The molecule has 0 amide bonds. The van der Waals surface area contributed by atoms with Gasteiger partial charge in [-0.1, -0.05) is 30.3 Å². The van der Waals surface area contributed by atoms with Crippen LogP contribution in [0.2, 0.25) is 0 Å². The minimum Gasteiger partial charge on any atom is -0.465 e. The molecule has 72 valence electrons. The van der Waals surface area contributed by atoms with Gasteiger partial charge in [-0.25, -0.2) is 0 Å². The molecule has 0 saturated heterocycles. The van der Waals surface area contributed by atoms with E-state index in [0.717, 1.165) is 5.32 Å². The van der Waals surface area contributed by atoms with E-state index in [1.54, 1.807) is 18.2 Å². The van der Waals surface area contributed by atoms with Crippen molar-refractivity contribution in [2.24, 2.45) is 0 Å². The van der Waals surface area contributed by atoms with E-state index in [1.165, 1.54) is 12.1 Å². The average molecular weight is 189 g/mol. The Balaban J connectivity index is 2.92. The molecule has 0 aliphatic rings. The predicted molar refractivity (Wildman–Crippen MR) is 42.5 cm³/mol. The van der Waals surface area contributed by atoms with Gasteiger partial charge in [-0.2, -0.15) is 20.2 Å². The molecular formula is C9H10F3N. The summed E-state index contributed by atoms with van der Waals surface area (Å²) in [4.78, 5) is 0. The highest BCUT2D eigenvalue weighted by Gasteiger charge is 2.41. The lowest BCUT2D eigenvalue weighted by atomic mass is 10.1. The number of hydrogen-bond donors (Lipinski definition) is 1. The van der Waals surface area contributed by atoms with Gasteiger partial charge in [0.25, 0.3) is 0 Å². The Bertz CT molecular complexity index is 255. The van der Waals surface area contributed by atoms with Crippen molar-refractivity contribution in [2.75, 3.05) is 0 Å². The molecule has 0 saturated carbocycles. The van der Waals surface area contributed by atoms with Crippen LogP contribution in [0.15, 0.2) is 30.3 Å². The molecule has 1 atom stereocenters. The third kappa shape index (κ3) is 2.45.